The van der Waals surface area contributed by atoms with Gasteiger partial charge in [0.1, 0.15) is 5.75 Å². The van der Waals surface area contributed by atoms with E-state index >= 15 is 0 Å². The Kier molecular flexibility index (Phi) is 5.95. The number of nitrogens with one attached hydrogen (secondary N) is 2. The molecule has 0 spiro atoms. The van der Waals surface area contributed by atoms with Gasteiger partial charge in [-0.25, -0.2) is 4.79 Å². The standard InChI is InChI=1S/C23H23ClN4O3/c1-2-22(30)26-16-9-10-17(21(29)11-16)19-12-20(14-7-8-14)28(27-19)23(31)25-13-15-5-3-4-6-18(15)24/h3-6,9-12,14,29H,2,7-8,13H2,1H3,(H,25,31)(H,26,30). The summed E-state index contributed by atoms with van der Waals surface area (Å²) in [6, 6.07) is 13.7. The first-order valence-electron chi connectivity index (χ1n) is 10.2. The average molecular weight is 439 g/mol. The Hall–Kier alpha value is -3.32. The monoisotopic (exact) mass is 438 g/mol. The van der Waals surface area contributed by atoms with Gasteiger partial charge in [0.05, 0.1) is 11.4 Å². The van der Waals surface area contributed by atoms with Crippen LogP contribution in [0.2, 0.25) is 5.02 Å². The van der Waals surface area contributed by atoms with E-state index in [0.717, 1.165) is 24.1 Å². The molecular weight excluding hydrogens is 416 g/mol. The summed E-state index contributed by atoms with van der Waals surface area (Å²) in [4.78, 5) is 24.4. The van der Waals surface area contributed by atoms with Gasteiger partial charge in [-0.2, -0.15) is 9.78 Å². The first-order chi connectivity index (χ1) is 15.0. The normalized spacial score (nSPS) is 13.1. The van der Waals surface area contributed by atoms with E-state index in [9.17, 15) is 14.7 Å². The van der Waals surface area contributed by atoms with Crippen molar-refractivity contribution >= 4 is 29.2 Å². The van der Waals surface area contributed by atoms with Gasteiger partial charge in [0, 0.05) is 41.2 Å². The van der Waals surface area contributed by atoms with Crippen molar-refractivity contribution in [2.45, 2.75) is 38.6 Å². The topological polar surface area (TPSA) is 96.3 Å². The minimum absolute atomic E-state index is 0.0163. The Labute approximate surface area is 185 Å². The third-order valence-electron chi connectivity index (χ3n) is 5.19. The molecule has 1 fully saturated rings. The number of rotatable bonds is 6. The van der Waals surface area contributed by atoms with Gasteiger partial charge in [0.25, 0.3) is 0 Å². The molecule has 1 aliphatic carbocycles. The van der Waals surface area contributed by atoms with Crippen LogP contribution in [-0.2, 0) is 11.3 Å². The molecule has 160 valence electrons. The molecule has 0 radical (unpaired) electrons. The van der Waals surface area contributed by atoms with Crippen LogP contribution in [0.15, 0.2) is 48.5 Å². The summed E-state index contributed by atoms with van der Waals surface area (Å²) in [7, 11) is 0. The fraction of sp³-hybridized carbons (Fsp3) is 0.261. The van der Waals surface area contributed by atoms with Crippen LogP contribution in [0.25, 0.3) is 11.3 Å². The third kappa shape index (κ3) is 4.72. The molecule has 7 nitrogen and oxygen atoms in total. The number of halogens is 1. The van der Waals surface area contributed by atoms with E-state index in [0.29, 0.717) is 28.4 Å². The van der Waals surface area contributed by atoms with E-state index in [-0.39, 0.29) is 30.2 Å². The summed E-state index contributed by atoms with van der Waals surface area (Å²) in [5.41, 5.74) is 3.14. The predicted molar refractivity (Wildman–Crippen MR) is 119 cm³/mol. The number of aromatic hydroxyl groups is 1. The number of carbonyl (C=O) groups excluding carboxylic acids is 2. The van der Waals surface area contributed by atoms with Crippen molar-refractivity contribution in [3.8, 4) is 17.0 Å². The second-order valence-corrected chi connectivity index (χ2v) is 7.93. The molecule has 1 saturated carbocycles. The highest BCUT2D eigenvalue weighted by molar-refractivity contribution is 6.31. The zero-order valence-corrected chi connectivity index (χ0v) is 17.8. The molecular formula is C23H23ClN4O3. The Balaban J connectivity index is 1.57. The van der Waals surface area contributed by atoms with Gasteiger partial charge in [0.2, 0.25) is 5.91 Å². The van der Waals surface area contributed by atoms with E-state index < -0.39 is 0 Å². The molecule has 1 aromatic heterocycles. The maximum atomic E-state index is 12.9. The van der Waals surface area contributed by atoms with Crippen molar-refractivity contribution in [1.29, 1.82) is 0 Å². The van der Waals surface area contributed by atoms with Crippen LogP contribution in [0.3, 0.4) is 0 Å². The quantitative estimate of drug-likeness (QED) is 0.510. The van der Waals surface area contributed by atoms with Crippen LogP contribution in [-0.4, -0.2) is 26.8 Å². The lowest BCUT2D eigenvalue weighted by Gasteiger charge is -2.09. The molecule has 31 heavy (non-hydrogen) atoms. The largest absolute Gasteiger partial charge is 0.507 e. The fourth-order valence-corrected chi connectivity index (χ4v) is 3.53. The molecule has 3 aromatic rings. The predicted octanol–water partition coefficient (Wildman–Crippen LogP) is 4.89. The molecule has 2 aromatic carbocycles. The Morgan fingerprint density at radius 3 is 2.65 bits per heavy atom. The SMILES string of the molecule is CCC(=O)Nc1ccc(-c2cc(C3CC3)n(C(=O)NCc3ccccc3Cl)n2)c(O)c1. The zero-order valence-electron chi connectivity index (χ0n) is 17.1. The van der Waals surface area contributed by atoms with Gasteiger partial charge < -0.3 is 15.7 Å². The smallest absolute Gasteiger partial charge is 0.342 e. The molecule has 1 aliphatic rings. The molecule has 0 unspecified atom stereocenters. The van der Waals surface area contributed by atoms with Crippen LogP contribution in [0.1, 0.15) is 43.4 Å². The number of hydrogen-bond acceptors (Lipinski definition) is 4. The maximum Gasteiger partial charge on any atom is 0.342 e. The van der Waals surface area contributed by atoms with Crippen molar-refractivity contribution in [1.82, 2.24) is 15.1 Å². The summed E-state index contributed by atoms with van der Waals surface area (Å²) in [5, 5.41) is 21.1. The Morgan fingerprint density at radius 2 is 1.97 bits per heavy atom. The number of benzene rings is 2. The minimum Gasteiger partial charge on any atom is -0.507 e. The first-order valence-corrected chi connectivity index (χ1v) is 10.6. The van der Waals surface area contributed by atoms with E-state index in [2.05, 4.69) is 15.7 Å². The lowest BCUT2D eigenvalue weighted by Crippen LogP contribution is -2.30. The Bertz CT molecular complexity index is 1140. The highest BCUT2D eigenvalue weighted by atomic mass is 35.5. The highest BCUT2D eigenvalue weighted by Crippen LogP contribution is 2.42. The van der Waals surface area contributed by atoms with Gasteiger partial charge in [-0.15, -0.1) is 0 Å². The summed E-state index contributed by atoms with van der Waals surface area (Å²) in [6.07, 6.45) is 2.34. The zero-order chi connectivity index (χ0) is 22.0. The summed E-state index contributed by atoms with van der Waals surface area (Å²) >= 11 is 6.17. The maximum absolute atomic E-state index is 12.9. The van der Waals surface area contributed by atoms with Gasteiger partial charge >= 0.3 is 6.03 Å². The summed E-state index contributed by atoms with van der Waals surface area (Å²) in [5.74, 6) is 0.123. The van der Waals surface area contributed by atoms with Gasteiger partial charge in [-0.3, -0.25) is 4.79 Å². The molecule has 8 heteroatoms. The number of phenolic OH excluding ortho intramolecular Hbond substituents is 1. The molecule has 3 N–H and O–H groups in total. The van der Waals surface area contributed by atoms with Gasteiger partial charge in [-0.1, -0.05) is 36.7 Å². The Morgan fingerprint density at radius 1 is 1.19 bits per heavy atom. The van der Waals surface area contributed by atoms with Crippen LogP contribution < -0.4 is 10.6 Å². The second-order valence-electron chi connectivity index (χ2n) is 7.52. The molecule has 0 atom stereocenters. The summed E-state index contributed by atoms with van der Waals surface area (Å²) in [6.45, 7) is 2.04. The molecule has 2 amide bonds. The van der Waals surface area contributed by atoms with E-state index in [1.807, 2.05) is 24.3 Å². The fourth-order valence-electron chi connectivity index (χ4n) is 3.32. The third-order valence-corrected chi connectivity index (χ3v) is 5.56. The lowest BCUT2D eigenvalue weighted by molar-refractivity contribution is -0.115. The average Bonchev–Trinajstić information content (AvgIpc) is 3.51. The number of hydrogen-bond donors (Lipinski definition) is 3. The van der Waals surface area contributed by atoms with Gasteiger partial charge in [-0.05, 0) is 42.7 Å². The molecule has 1 heterocycles. The van der Waals surface area contributed by atoms with Crippen molar-refractivity contribution in [3.05, 3.63) is 64.8 Å². The number of anilines is 1. The van der Waals surface area contributed by atoms with E-state index in [4.69, 9.17) is 11.6 Å². The first kappa shape index (κ1) is 20.9. The lowest BCUT2D eigenvalue weighted by atomic mass is 10.1. The number of carbonyl (C=O) groups is 2. The highest BCUT2D eigenvalue weighted by Gasteiger charge is 2.30. The van der Waals surface area contributed by atoms with Crippen molar-refractivity contribution in [3.63, 3.8) is 0 Å². The van der Waals surface area contributed by atoms with E-state index in [1.165, 1.54) is 10.7 Å². The van der Waals surface area contributed by atoms with Crippen molar-refractivity contribution in [2.24, 2.45) is 0 Å². The molecule has 0 aliphatic heterocycles. The number of phenols is 1. The molecule has 0 saturated heterocycles. The van der Waals surface area contributed by atoms with Crippen LogP contribution >= 0.6 is 11.6 Å². The number of nitrogens with zero attached hydrogens (tertiary/aromatic N) is 2. The van der Waals surface area contributed by atoms with Crippen molar-refractivity contribution < 1.29 is 14.7 Å². The number of amides is 2. The number of aromatic nitrogens is 2. The summed E-state index contributed by atoms with van der Waals surface area (Å²) < 4.78 is 1.37. The van der Waals surface area contributed by atoms with E-state index in [1.54, 1.807) is 25.1 Å². The van der Waals surface area contributed by atoms with Crippen LogP contribution in [0, 0.1) is 0 Å². The van der Waals surface area contributed by atoms with Crippen LogP contribution in [0.5, 0.6) is 5.75 Å². The van der Waals surface area contributed by atoms with Gasteiger partial charge in [0.15, 0.2) is 0 Å². The molecule has 0 bridgehead atoms. The van der Waals surface area contributed by atoms with Crippen molar-refractivity contribution in [2.75, 3.05) is 5.32 Å². The van der Waals surface area contributed by atoms with Crippen LogP contribution in [0.4, 0.5) is 10.5 Å². The molecule has 4 rings (SSSR count). The second kappa shape index (κ2) is 8.81. The minimum atomic E-state index is -0.348.